The third-order valence-electron chi connectivity index (χ3n) is 7.64. The molecular weight excluding hydrogens is 547 g/mol. The van der Waals surface area contributed by atoms with Gasteiger partial charge in [-0.25, -0.2) is 0 Å². The maximum absolute atomic E-state index is 13.7. The lowest BCUT2D eigenvalue weighted by molar-refractivity contribution is -0.130. The van der Waals surface area contributed by atoms with Crippen LogP contribution >= 0.6 is 23.2 Å². The number of hydrogen-bond donors (Lipinski definition) is 2. The van der Waals surface area contributed by atoms with Gasteiger partial charge in [0.1, 0.15) is 5.75 Å². The van der Waals surface area contributed by atoms with Crippen LogP contribution in [0.5, 0.6) is 11.5 Å². The molecule has 9 heteroatoms. The van der Waals surface area contributed by atoms with Gasteiger partial charge in [0.05, 0.1) is 18.8 Å². The van der Waals surface area contributed by atoms with Gasteiger partial charge in [0.25, 0.3) is 0 Å². The van der Waals surface area contributed by atoms with Gasteiger partial charge in [-0.15, -0.1) is 0 Å². The third kappa shape index (κ3) is 7.08. The number of carbonyl (C=O) groups is 2. The minimum atomic E-state index is -0.171. The number of nitrogens with zero attached hydrogens (tertiary/aromatic N) is 2. The molecule has 1 heterocycles. The largest absolute Gasteiger partial charge is 0.455 e. The molecule has 0 radical (unpaired) electrons. The van der Waals surface area contributed by atoms with Crippen LogP contribution in [0, 0.1) is 0 Å². The number of ether oxygens (including phenoxy) is 1. The minimum absolute atomic E-state index is 0.00420. The van der Waals surface area contributed by atoms with E-state index < -0.39 is 0 Å². The van der Waals surface area contributed by atoms with Crippen molar-refractivity contribution in [1.82, 2.24) is 15.5 Å². The Morgan fingerprint density at radius 3 is 2.35 bits per heavy atom. The highest BCUT2D eigenvalue weighted by molar-refractivity contribution is 6.31. The fourth-order valence-electron chi connectivity index (χ4n) is 5.36. The van der Waals surface area contributed by atoms with Crippen molar-refractivity contribution in [3.8, 4) is 11.5 Å². The number of rotatable bonds is 10. The number of halogens is 2. The average Bonchev–Trinajstić information content (AvgIpc) is 3.63. The molecule has 1 saturated heterocycles. The maximum Gasteiger partial charge on any atom is 0.242 e. The zero-order valence-corrected chi connectivity index (χ0v) is 24.0. The lowest BCUT2D eigenvalue weighted by atomic mass is 10.1. The number of fused-ring (bicyclic) bond motifs is 1. The number of likely N-dealkylation sites (N-methyl/N-ethyl adjacent to an activating group) is 1. The minimum Gasteiger partial charge on any atom is -0.455 e. The lowest BCUT2D eigenvalue weighted by Gasteiger charge is -2.30. The second-order valence-electron chi connectivity index (χ2n) is 10.5. The predicted octanol–water partition coefficient (Wildman–Crippen LogP) is 5.09. The zero-order valence-electron chi connectivity index (χ0n) is 22.5. The Bertz CT molecular complexity index is 1320. The van der Waals surface area contributed by atoms with Crippen LogP contribution in [0.15, 0.2) is 66.7 Å². The van der Waals surface area contributed by atoms with E-state index >= 15 is 0 Å². The van der Waals surface area contributed by atoms with Crippen molar-refractivity contribution in [2.24, 2.45) is 0 Å². The molecule has 1 aliphatic carbocycles. The quantitative estimate of drug-likeness (QED) is 0.349. The molecule has 2 amide bonds. The van der Waals surface area contributed by atoms with Crippen molar-refractivity contribution in [3.05, 3.63) is 87.9 Å². The van der Waals surface area contributed by atoms with Crippen LogP contribution in [0.4, 0.5) is 5.69 Å². The molecule has 2 aliphatic rings. The van der Waals surface area contributed by atoms with Crippen molar-refractivity contribution in [2.75, 3.05) is 38.1 Å². The van der Waals surface area contributed by atoms with Gasteiger partial charge in [0.2, 0.25) is 11.8 Å². The summed E-state index contributed by atoms with van der Waals surface area (Å²) < 4.78 is 6.18. The van der Waals surface area contributed by atoms with E-state index in [1.165, 1.54) is 11.1 Å². The summed E-state index contributed by atoms with van der Waals surface area (Å²) in [7, 11) is 1.84. The standard InChI is InChI=1S/C31H34Cl2N4O3/c1-36(26-15-21-5-2-3-6-22(21)16-26)31(39)20-37(19-30(38)35-18-25-7-4-14-34-25)28-17-24(33)10-13-29(28)40-27-11-8-23(32)9-12-27/h2-3,5-6,8-13,17,25-26,34H,4,7,14-16,18-20H2,1H3,(H,35,38)/t25-/m1/s1. The monoisotopic (exact) mass is 580 g/mol. The summed E-state index contributed by atoms with van der Waals surface area (Å²) in [5, 5.41) is 7.50. The van der Waals surface area contributed by atoms with E-state index in [2.05, 4.69) is 22.8 Å². The number of hydrogen-bond acceptors (Lipinski definition) is 5. The Morgan fingerprint density at radius 2 is 1.68 bits per heavy atom. The van der Waals surface area contributed by atoms with Crippen LogP contribution in [0.1, 0.15) is 24.0 Å². The number of nitrogens with one attached hydrogen (secondary N) is 2. The molecule has 2 N–H and O–H groups in total. The van der Waals surface area contributed by atoms with Gasteiger partial charge in [-0.05, 0) is 85.8 Å². The lowest BCUT2D eigenvalue weighted by Crippen LogP contribution is -2.47. The smallest absolute Gasteiger partial charge is 0.242 e. The molecule has 0 aromatic heterocycles. The van der Waals surface area contributed by atoms with Crippen molar-refractivity contribution >= 4 is 40.7 Å². The van der Waals surface area contributed by atoms with Crippen LogP contribution in [-0.2, 0) is 22.4 Å². The normalized spacial score (nSPS) is 16.4. The molecular formula is C31H34Cl2N4O3. The molecule has 3 aromatic rings. The Balaban J connectivity index is 1.36. The zero-order chi connectivity index (χ0) is 28.1. The SMILES string of the molecule is CN(C(=O)CN(CC(=O)NC[C@H]1CCCN1)c1cc(Cl)ccc1Oc1ccc(Cl)cc1)C1Cc2ccccc2C1. The first-order chi connectivity index (χ1) is 19.4. The average molecular weight is 582 g/mol. The van der Waals surface area contributed by atoms with Gasteiger partial charge in [-0.1, -0.05) is 47.5 Å². The highest BCUT2D eigenvalue weighted by Gasteiger charge is 2.29. The van der Waals surface area contributed by atoms with E-state index in [0.717, 1.165) is 32.2 Å². The summed E-state index contributed by atoms with van der Waals surface area (Å²) in [6.45, 7) is 1.49. The molecule has 0 unspecified atom stereocenters. The fraction of sp³-hybridized carbons (Fsp3) is 0.355. The van der Waals surface area contributed by atoms with Crippen LogP contribution in [0.3, 0.4) is 0 Å². The third-order valence-corrected chi connectivity index (χ3v) is 8.13. The Hall–Kier alpha value is -3.26. The molecule has 0 saturated carbocycles. The Morgan fingerprint density at radius 1 is 0.975 bits per heavy atom. The van der Waals surface area contributed by atoms with Gasteiger partial charge in [0, 0.05) is 35.7 Å². The van der Waals surface area contributed by atoms with Gasteiger partial charge in [0.15, 0.2) is 5.75 Å². The molecule has 5 rings (SSSR count). The van der Waals surface area contributed by atoms with E-state index in [-0.39, 0.29) is 37.0 Å². The van der Waals surface area contributed by atoms with Gasteiger partial charge in [-0.2, -0.15) is 0 Å². The summed E-state index contributed by atoms with van der Waals surface area (Å²) in [5.74, 6) is 0.813. The second kappa shape index (κ2) is 12.9. The van der Waals surface area contributed by atoms with E-state index in [0.29, 0.717) is 33.8 Å². The van der Waals surface area contributed by atoms with E-state index in [4.69, 9.17) is 27.9 Å². The highest BCUT2D eigenvalue weighted by Crippen LogP contribution is 2.35. The first kappa shape index (κ1) is 28.3. The van der Waals surface area contributed by atoms with Crippen molar-refractivity contribution < 1.29 is 14.3 Å². The number of amides is 2. The van der Waals surface area contributed by atoms with E-state index in [1.54, 1.807) is 52.3 Å². The van der Waals surface area contributed by atoms with Crippen molar-refractivity contribution in [3.63, 3.8) is 0 Å². The molecule has 3 aromatic carbocycles. The predicted molar refractivity (Wildman–Crippen MR) is 160 cm³/mol. The molecule has 1 atom stereocenters. The molecule has 0 bridgehead atoms. The highest BCUT2D eigenvalue weighted by atomic mass is 35.5. The van der Waals surface area contributed by atoms with Crippen LogP contribution in [0.2, 0.25) is 10.0 Å². The number of carbonyl (C=O) groups excluding carboxylic acids is 2. The van der Waals surface area contributed by atoms with Crippen LogP contribution in [0.25, 0.3) is 0 Å². The molecule has 7 nitrogen and oxygen atoms in total. The topological polar surface area (TPSA) is 73.9 Å². The molecule has 40 heavy (non-hydrogen) atoms. The van der Waals surface area contributed by atoms with Crippen LogP contribution in [-0.4, -0.2) is 62.0 Å². The van der Waals surface area contributed by atoms with Crippen molar-refractivity contribution in [2.45, 2.75) is 37.8 Å². The van der Waals surface area contributed by atoms with Gasteiger partial charge >= 0.3 is 0 Å². The second-order valence-corrected chi connectivity index (χ2v) is 11.3. The Kier molecular flexibility index (Phi) is 9.15. The van der Waals surface area contributed by atoms with E-state index in [1.807, 2.05) is 19.2 Å². The molecule has 1 aliphatic heterocycles. The van der Waals surface area contributed by atoms with Gasteiger partial charge < -0.3 is 25.2 Å². The van der Waals surface area contributed by atoms with E-state index in [9.17, 15) is 9.59 Å². The summed E-state index contributed by atoms with van der Waals surface area (Å²) in [4.78, 5) is 30.3. The van der Waals surface area contributed by atoms with Gasteiger partial charge in [-0.3, -0.25) is 9.59 Å². The maximum atomic E-state index is 13.7. The summed E-state index contributed by atoms with van der Waals surface area (Å²) in [6.07, 6.45) is 3.77. The molecule has 1 fully saturated rings. The summed E-state index contributed by atoms with van der Waals surface area (Å²) in [5.41, 5.74) is 3.11. The first-order valence-electron chi connectivity index (χ1n) is 13.7. The van der Waals surface area contributed by atoms with Crippen LogP contribution < -0.4 is 20.3 Å². The number of anilines is 1. The Labute approximate surface area is 245 Å². The fourth-order valence-corrected chi connectivity index (χ4v) is 5.66. The molecule has 0 spiro atoms. The first-order valence-corrected chi connectivity index (χ1v) is 14.4. The summed E-state index contributed by atoms with van der Waals surface area (Å²) >= 11 is 12.5. The van der Waals surface area contributed by atoms with Crippen molar-refractivity contribution in [1.29, 1.82) is 0 Å². The summed E-state index contributed by atoms with van der Waals surface area (Å²) in [6, 6.07) is 20.9. The number of benzene rings is 3. The molecule has 210 valence electrons.